The number of rotatable bonds is 11. The van der Waals surface area contributed by atoms with Gasteiger partial charge >= 0.3 is 0 Å². The van der Waals surface area contributed by atoms with Crippen molar-refractivity contribution in [1.82, 2.24) is 10.6 Å². The van der Waals surface area contributed by atoms with E-state index in [-0.39, 0.29) is 36.0 Å². The number of amides is 2. The van der Waals surface area contributed by atoms with Crippen LogP contribution < -0.4 is 10.6 Å². The highest BCUT2D eigenvalue weighted by Crippen LogP contribution is 2.31. The van der Waals surface area contributed by atoms with Crippen LogP contribution >= 0.6 is 0 Å². The molecule has 0 radical (unpaired) electrons. The van der Waals surface area contributed by atoms with Gasteiger partial charge in [0.15, 0.2) is 11.4 Å². The molecule has 2 aromatic carbocycles. The summed E-state index contributed by atoms with van der Waals surface area (Å²) in [5.41, 5.74) is 1.20. The molecule has 2 amide bonds. The van der Waals surface area contributed by atoms with Gasteiger partial charge in [-0.3, -0.25) is 14.4 Å². The minimum absolute atomic E-state index is 0.00575. The van der Waals surface area contributed by atoms with E-state index in [1.807, 2.05) is 62.4 Å². The number of benzene rings is 2. The first-order valence-corrected chi connectivity index (χ1v) is 13.4. The topological polar surface area (TPSA) is 108 Å². The molecule has 1 aliphatic heterocycles. The van der Waals surface area contributed by atoms with E-state index in [0.29, 0.717) is 12.0 Å². The van der Waals surface area contributed by atoms with Gasteiger partial charge in [-0.2, -0.15) is 0 Å². The Labute approximate surface area is 219 Å². The van der Waals surface area contributed by atoms with E-state index in [1.165, 1.54) is 0 Å². The van der Waals surface area contributed by atoms with Gasteiger partial charge in [0.1, 0.15) is 6.04 Å². The second kappa shape index (κ2) is 12.0. The minimum atomic E-state index is -1.21. The maximum absolute atomic E-state index is 13.6. The molecule has 1 heterocycles. The molecule has 37 heavy (non-hydrogen) atoms. The average molecular weight is 507 g/mol. The molecule has 7 nitrogen and oxygen atoms in total. The van der Waals surface area contributed by atoms with Gasteiger partial charge in [0.05, 0.1) is 19.3 Å². The summed E-state index contributed by atoms with van der Waals surface area (Å²) in [5, 5.41) is 15.6. The summed E-state index contributed by atoms with van der Waals surface area (Å²) in [7, 11) is 0. The third-order valence-electron chi connectivity index (χ3n) is 7.46. The maximum atomic E-state index is 13.6. The second-order valence-corrected chi connectivity index (χ2v) is 10.8. The van der Waals surface area contributed by atoms with Crippen LogP contribution in [-0.2, 0) is 14.3 Å². The number of nitrogens with one attached hydrogen (secondary N) is 2. The highest BCUT2D eigenvalue weighted by atomic mass is 16.6. The molecule has 0 aromatic heterocycles. The predicted octanol–water partition coefficient (Wildman–Crippen LogP) is 3.89. The molecular formula is C30H38N2O5. The number of aliphatic hydroxyl groups excluding tert-OH is 1. The van der Waals surface area contributed by atoms with Gasteiger partial charge in [-0.25, -0.2) is 0 Å². The molecule has 2 aliphatic rings. The molecule has 2 aromatic rings. The lowest BCUT2D eigenvalue weighted by atomic mass is 9.83. The summed E-state index contributed by atoms with van der Waals surface area (Å²) in [6.45, 7) is 3.71. The summed E-state index contributed by atoms with van der Waals surface area (Å²) in [5.74, 6) is -0.831. The first-order valence-electron chi connectivity index (χ1n) is 13.4. The zero-order valence-corrected chi connectivity index (χ0v) is 21.7. The number of Topliss-reactive ketones (excluding diaryl/α,β-unsaturated/α-hetero) is 1. The third-order valence-corrected chi connectivity index (χ3v) is 7.46. The number of aliphatic hydroxyl groups is 1. The molecule has 198 valence electrons. The third kappa shape index (κ3) is 6.65. The lowest BCUT2D eigenvalue weighted by molar-refractivity contribution is -0.133. The van der Waals surface area contributed by atoms with E-state index in [2.05, 4.69) is 10.6 Å². The van der Waals surface area contributed by atoms with Crippen LogP contribution in [0.15, 0.2) is 54.6 Å². The second-order valence-electron chi connectivity index (χ2n) is 10.8. The van der Waals surface area contributed by atoms with Crippen LogP contribution in [0.25, 0.3) is 11.1 Å². The number of carbonyl (C=O) groups excluding carboxylic acids is 3. The van der Waals surface area contributed by atoms with Crippen molar-refractivity contribution < 1.29 is 24.2 Å². The van der Waals surface area contributed by atoms with Crippen LogP contribution in [0.2, 0.25) is 0 Å². The van der Waals surface area contributed by atoms with Gasteiger partial charge in [0, 0.05) is 5.56 Å². The Hall–Kier alpha value is -3.03. The number of hydrogen-bond donors (Lipinski definition) is 3. The van der Waals surface area contributed by atoms with Crippen molar-refractivity contribution in [3.8, 4) is 11.1 Å². The zero-order valence-electron chi connectivity index (χ0n) is 21.7. The van der Waals surface area contributed by atoms with E-state index in [1.54, 1.807) is 6.07 Å². The van der Waals surface area contributed by atoms with Crippen molar-refractivity contribution in [2.75, 3.05) is 13.2 Å². The van der Waals surface area contributed by atoms with Crippen molar-refractivity contribution in [1.29, 1.82) is 0 Å². The molecule has 2 fully saturated rings. The quantitative estimate of drug-likeness (QED) is 0.401. The molecule has 4 rings (SSSR count). The monoisotopic (exact) mass is 506 g/mol. The number of ether oxygens (including phenoxy) is 1. The molecule has 3 atom stereocenters. The summed E-state index contributed by atoms with van der Waals surface area (Å²) < 4.78 is 5.28. The number of hydrogen-bond acceptors (Lipinski definition) is 5. The van der Waals surface area contributed by atoms with E-state index in [4.69, 9.17) is 4.74 Å². The fourth-order valence-corrected chi connectivity index (χ4v) is 5.24. The van der Waals surface area contributed by atoms with E-state index < -0.39 is 24.3 Å². The molecule has 1 saturated heterocycles. The zero-order chi connectivity index (χ0) is 26.4. The first kappa shape index (κ1) is 27.0. The highest BCUT2D eigenvalue weighted by Gasteiger charge is 2.54. The van der Waals surface area contributed by atoms with E-state index >= 15 is 0 Å². The molecule has 1 aliphatic carbocycles. The van der Waals surface area contributed by atoms with E-state index in [9.17, 15) is 19.5 Å². The van der Waals surface area contributed by atoms with Gasteiger partial charge in [0.2, 0.25) is 5.91 Å². The Balaban J connectivity index is 1.53. The van der Waals surface area contributed by atoms with Crippen molar-refractivity contribution in [3.05, 3.63) is 60.2 Å². The van der Waals surface area contributed by atoms with Crippen LogP contribution in [0, 0.1) is 11.8 Å². The lowest BCUT2D eigenvalue weighted by Crippen LogP contribution is -2.57. The Morgan fingerprint density at radius 2 is 1.65 bits per heavy atom. The Kier molecular flexibility index (Phi) is 8.77. The van der Waals surface area contributed by atoms with Gasteiger partial charge in [-0.05, 0) is 54.4 Å². The van der Waals surface area contributed by atoms with Gasteiger partial charge in [-0.1, -0.05) is 75.6 Å². The van der Waals surface area contributed by atoms with Crippen LogP contribution in [0.4, 0.5) is 0 Å². The largest absolute Gasteiger partial charge is 0.393 e. The Morgan fingerprint density at radius 1 is 0.973 bits per heavy atom. The smallest absolute Gasteiger partial charge is 0.251 e. The molecule has 7 heteroatoms. The van der Waals surface area contributed by atoms with Crippen LogP contribution in [0.3, 0.4) is 0 Å². The normalized spacial score (nSPS) is 21.2. The molecule has 1 unspecified atom stereocenters. The number of ketones is 1. The molecule has 0 bridgehead atoms. The van der Waals surface area contributed by atoms with Crippen molar-refractivity contribution in [2.45, 2.75) is 70.1 Å². The van der Waals surface area contributed by atoms with Gasteiger partial charge in [0.25, 0.3) is 5.91 Å². The molecular weight excluding hydrogens is 468 g/mol. The van der Waals surface area contributed by atoms with Gasteiger partial charge < -0.3 is 20.5 Å². The van der Waals surface area contributed by atoms with Crippen molar-refractivity contribution >= 4 is 17.6 Å². The average Bonchev–Trinajstić information content (AvgIpc) is 3.73. The minimum Gasteiger partial charge on any atom is -0.393 e. The van der Waals surface area contributed by atoms with Crippen molar-refractivity contribution in [2.24, 2.45) is 11.8 Å². The summed E-state index contributed by atoms with van der Waals surface area (Å²) in [4.78, 5) is 40.2. The predicted molar refractivity (Wildman–Crippen MR) is 142 cm³/mol. The summed E-state index contributed by atoms with van der Waals surface area (Å²) >= 11 is 0. The maximum Gasteiger partial charge on any atom is 0.251 e. The number of carbonyl (C=O) groups is 3. The van der Waals surface area contributed by atoms with Crippen LogP contribution in [0.1, 0.15) is 62.7 Å². The molecule has 0 spiro atoms. The first-order chi connectivity index (χ1) is 17.8. The molecule has 3 N–H and O–H groups in total. The Bertz CT molecular complexity index is 1090. The summed E-state index contributed by atoms with van der Waals surface area (Å²) in [6, 6.07) is 15.7. The highest BCUT2D eigenvalue weighted by molar-refractivity contribution is 6.01. The number of epoxide rings is 1. The van der Waals surface area contributed by atoms with Crippen molar-refractivity contribution in [3.63, 3.8) is 0 Å². The molecule has 1 saturated carbocycles. The standard InChI is InChI=1S/C30H38N2O5/c1-20(2)16-25(27(34)30(18-33)19-37-30)31-29(36)26(22-12-7-4-8-13-22)32-28(35)24-15-9-14-23(17-24)21-10-5-3-6-11-21/h3,5-6,9-11,14-15,17,20,22,25-26,33H,4,7-8,12-13,16,18-19H2,1-2H3,(H,31,36)(H,32,35)/t25-,26-,30?/m0/s1. The fraction of sp³-hybridized carbons (Fsp3) is 0.500. The SMILES string of the molecule is CC(C)C[C@H](NC(=O)[C@@H](NC(=O)c1cccc(-c2ccccc2)c1)C1CCCCC1)C(=O)C1(CO)CO1. The fourth-order valence-electron chi connectivity index (χ4n) is 5.24. The summed E-state index contributed by atoms with van der Waals surface area (Å²) in [6.07, 6.45) is 5.24. The van der Waals surface area contributed by atoms with Crippen LogP contribution in [-0.4, -0.2) is 53.6 Å². The van der Waals surface area contributed by atoms with Gasteiger partial charge in [-0.15, -0.1) is 0 Å². The van der Waals surface area contributed by atoms with Crippen LogP contribution in [0.5, 0.6) is 0 Å². The Morgan fingerprint density at radius 3 is 2.27 bits per heavy atom. The lowest BCUT2D eigenvalue weighted by Gasteiger charge is -2.32. The van der Waals surface area contributed by atoms with E-state index in [0.717, 1.165) is 43.2 Å².